The van der Waals surface area contributed by atoms with Crippen LogP contribution in [-0.4, -0.2) is 22.5 Å². The molecule has 0 fully saturated rings. The zero-order chi connectivity index (χ0) is 16.4. The van der Waals surface area contributed by atoms with Crippen LogP contribution in [-0.2, 0) is 15.3 Å². The molecule has 0 aliphatic rings. The van der Waals surface area contributed by atoms with E-state index in [1.165, 1.54) is 0 Å². The van der Waals surface area contributed by atoms with Crippen LogP contribution in [0.5, 0.6) is 0 Å². The van der Waals surface area contributed by atoms with Gasteiger partial charge in [0.1, 0.15) is 5.82 Å². The second kappa shape index (κ2) is 10.8. The summed E-state index contributed by atoms with van der Waals surface area (Å²) in [6, 6.07) is 2.41. The molecule has 0 unspecified atom stereocenters. The summed E-state index contributed by atoms with van der Waals surface area (Å²) < 4.78 is 50.9. The second-order valence-corrected chi connectivity index (χ2v) is 7.38. The molecule has 0 saturated heterocycles. The first-order chi connectivity index (χ1) is 10.6. The molecule has 1 aromatic rings. The van der Waals surface area contributed by atoms with Crippen molar-refractivity contribution in [3.63, 3.8) is 0 Å². The minimum absolute atomic E-state index is 0.223. The van der Waals surface area contributed by atoms with Gasteiger partial charge in [-0.3, -0.25) is 0 Å². The maximum atomic E-state index is 13.5. The Balaban J connectivity index is 2.37. The molecule has 1 aromatic carbocycles. The summed E-state index contributed by atoms with van der Waals surface area (Å²) in [6.07, 6.45) is 3.85. The van der Waals surface area contributed by atoms with Crippen LogP contribution in [0.15, 0.2) is 12.1 Å². The fourth-order valence-corrected chi connectivity index (χ4v) is 4.14. The van der Waals surface area contributed by atoms with E-state index in [9.17, 15) is 13.2 Å². The van der Waals surface area contributed by atoms with Crippen molar-refractivity contribution < 1.29 is 22.0 Å². The van der Waals surface area contributed by atoms with Crippen LogP contribution < -0.4 is 0 Å². The first-order valence-corrected chi connectivity index (χ1v) is 9.71. The van der Waals surface area contributed by atoms with E-state index >= 15 is 0 Å². The standard InChI is InChI=1S/C16H25F3O2Si/c1-3-8-20-22(21-9-4-2)10-6-5-7-13-11-15(18)16(19)12-14(13)17/h11-12,22H,3-10H2,1-2H3. The van der Waals surface area contributed by atoms with Gasteiger partial charge in [0.05, 0.1) is 0 Å². The van der Waals surface area contributed by atoms with E-state index in [-0.39, 0.29) is 5.56 Å². The van der Waals surface area contributed by atoms with Crippen LogP contribution in [0.1, 0.15) is 45.1 Å². The molecule has 126 valence electrons. The molecule has 0 spiro atoms. The van der Waals surface area contributed by atoms with Crippen molar-refractivity contribution in [2.45, 2.75) is 52.0 Å². The van der Waals surface area contributed by atoms with Gasteiger partial charge in [-0.25, -0.2) is 13.2 Å². The molecule has 1 rings (SSSR count). The van der Waals surface area contributed by atoms with Gasteiger partial charge in [0, 0.05) is 19.3 Å². The second-order valence-electron chi connectivity index (χ2n) is 5.27. The van der Waals surface area contributed by atoms with Crippen molar-refractivity contribution in [3.8, 4) is 0 Å². The van der Waals surface area contributed by atoms with E-state index in [0.29, 0.717) is 32.1 Å². The van der Waals surface area contributed by atoms with E-state index in [1.807, 2.05) is 0 Å². The predicted molar refractivity (Wildman–Crippen MR) is 83.7 cm³/mol. The molecule has 0 heterocycles. The SMILES string of the molecule is CCCO[SiH](CCCCc1cc(F)c(F)cc1F)OCCC. The monoisotopic (exact) mass is 334 g/mol. The number of rotatable bonds is 11. The summed E-state index contributed by atoms with van der Waals surface area (Å²) in [5.41, 5.74) is 0.223. The molecule has 0 aliphatic heterocycles. The van der Waals surface area contributed by atoms with E-state index in [4.69, 9.17) is 8.85 Å². The largest absolute Gasteiger partial charge is 0.397 e. The van der Waals surface area contributed by atoms with Crippen molar-refractivity contribution in [1.29, 1.82) is 0 Å². The Morgan fingerprint density at radius 2 is 1.45 bits per heavy atom. The molecule has 2 nitrogen and oxygen atoms in total. The Kier molecular flexibility index (Phi) is 9.43. The van der Waals surface area contributed by atoms with Crippen molar-refractivity contribution in [2.24, 2.45) is 0 Å². The molecule has 0 aliphatic carbocycles. The number of aryl methyl sites for hydroxylation is 1. The average molecular weight is 334 g/mol. The minimum Gasteiger partial charge on any atom is -0.397 e. The highest BCUT2D eigenvalue weighted by molar-refractivity contribution is 6.44. The van der Waals surface area contributed by atoms with E-state index in [0.717, 1.165) is 31.4 Å². The van der Waals surface area contributed by atoms with Crippen LogP contribution in [0.4, 0.5) is 13.2 Å². The van der Waals surface area contributed by atoms with Crippen LogP contribution in [0.3, 0.4) is 0 Å². The predicted octanol–water partition coefficient (Wildman–Crippen LogP) is 4.50. The van der Waals surface area contributed by atoms with Crippen molar-refractivity contribution in [2.75, 3.05) is 13.2 Å². The number of unbranched alkanes of at least 4 members (excludes halogenated alkanes) is 1. The molecule has 0 bridgehead atoms. The normalized spacial score (nSPS) is 11.4. The fourth-order valence-electron chi connectivity index (χ4n) is 2.10. The lowest BCUT2D eigenvalue weighted by Crippen LogP contribution is -2.23. The van der Waals surface area contributed by atoms with Crippen LogP contribution in [0, 0.1) is 17.5 Å². The Labute approximate surface area is 132 Å². The molecular formula is C16H25F3O2Si. The third-order valence-corrected chi connectivity index (χ3v) is 5.34. The number of hydrogen-bond donors (Lipinski definition) is 0. The van der Waals surface area contributed by atoms with Gasteiger partial charge in [-0.05, 0) is 43.4 Å². The molecule has 6 heteroatoms. The van der Waals surface area contributed by atoms with E-state index in [1.54, 1.807) is 0 Å². The lowest BCUT2D eigenvalue weighted by atomic mass is 10.1. The fraction of sp³-hybridized carbons (Fsp3) is 0.625. The van der Waals surface area contributed by atoms with Gasteiger partial charge < -0.3 is 8.85 Å². The van der Waals surface area contributed by atoms with Gasteiger partial charge in [0.2, 0.25) is 0 Å². The molecule has 0 atom stereocenters. The third-order valence-electron chi connectivity index (χ3n) is 3.24. The lowest BCUT2D eigenvalue weighted by Gasteiger charge is -2.16. The van der Waals surface area contributed by atoms with Crippen molar-refractivity contribution in [1.82, 2.24) is 0 Å². The smallest absolute Gasteiger partial charge is 0.321 e. The van der Waals surface area contributed by atoms with Crippen LogP contribution in [0.25, 0.3) is 0 Å². The van der Waals surface area contributed by atoms with Gasteiger partial charge in [-0.2, -0.15) is 0 Å². The summed E-state index contributed by atoms with van der Waals surface area (Å²) in [4.78, 5) is 0. The maximum Gasteiger partial charge on any atom is 0.321 e. The third kappa shape index (κ3) is 6.94. The van der Waals surface area contributed by atoms with Gasteiger partial charge in [-0.15, -0.1) is 0 Å². The molecule has 0 amide bonds. The highest BCUT2D eigenvalue weighted by atomic mass is 28.3. The molecular weight excluding hydrogens is 309 g/mol. The van der Waals surface area contributed by atoms with E-state index in [2.05, 4.69) is 13.8 Å². The lowest BCUT2D eigenvalue weighted by molar-refractivity contribution is 0.195. The maximum absolute atomic E-state index is 13.5. The summed E-state index contributed by atoms with van der Waals surface area (Å²) in [5.74, 6) is -2.83. The molecule has 0 N–H and O–H groups in total. The Bertz CT molecular complexity index is 436. The molecule has 22 heavy (non-hydrogen) atoms. The molecule has 0 saturated carbocycles. The summed E-state index contributed by atoms with van der Waals surface area (Å²) in [6.45, 7) is 5.52. The van der Waals surface area contributed by atoms with Gasteiger partial charge in [0.15, 0.2) is 11.6 Å². The first kappa shape index (κ1) is 19.2. The highest BCUT2D eigenvalue weighted by Gasteiger charge is 2.13. The zero-order valence-electron chi connectivity index (χ0n) is 13.3. The highest BCUT2D eigenvalue weighted by Crippen LogP contribution is 2.17. The Morgan fingerprint density at radius 1 is 0.864 bits per heavy atom. The van der Waals surface area contributed by atoms with Gasteiger partial charge in [-0.1, -0.05) is 20.3 Å². The van der Waals surface area contributed by atoms with Crippen LogP contribution >= 0.6 is 0 Å². The van der Waals surface area contributed by atoms with Gasteiger partial charge >= 0.3 is 9.28 Å². The molecule has 0 aromatic heterocycles. The van der Waals surface area contributed by atoms with E-state index < -0.39 is 26.7 Å². The minimum atomic E-state index is -1.65. The zero-order valence-corrected chi connectivity index (χ0v) is 14.5. The number of hydrogen-bond acceptors (Lipinski definition) is 2. The number of halogens is 3. The Morgan fingerprint density at radius 3 is 2.05 bits per heavy atom. The Hall–Kier alpha value is -0.853. The van der Waals surface area contributed by atoms with Gasteiger partial charge in [0.25, 0.3) is 0 Å². The summed E-state index contributed by atoms with van der Waals surface area (Å²) in [5, 5.41) is 0. The number of benzene rings is 1. The summed E-state index contributed by atoms with van der Waals surface area (Å²) >= 11 is 0. The topological polar surface area (TPSA) is 18.5 Å². The molecule has 0 radical (unpaired) electrons. The first-order valence-electron chi connectivity index (χ1n) is 7.95. The van der Waals surface area contributed by atoms with Crippen molar-refractivity contribution in [3.05, 3.63) is 35.1 Å². The van der Waals surface area contributed by atoms with Crippen LogP contribution in [0.2, 0.25) is 6.04 Å². The summed E-state index contributed by atoms with van der Waals surface area (Å²) in [7, 11) is -1.65. The van der Waals surface area contributed by atoms with Crippen molar-refractivity contribution >= 4 is 9.28 Å². The average Bonchev–Trinajstić information content (AvgIpc) is 2.50. The quantitative estimate of drug-likeness (QED) is 0.337.